The van der Waals surface area contributed by atoms with Crippen molar-refractivity contribution in [2.75, 3.05) is 13.2 Å². The molecule has 0 aliphatic heterocycles. The van der Waals surface area contributed by atoms with Crippen LogP contribution in [0.5, 0.6) is 0 Å². The fraction of sp³-hybridized carbons (Fsp3) is 0.733. The van der Waals surface area contributed by atoms with Gasteiger partial charge >= 0.3 is 12.1 Å². The van der Waals surface area contributed by atoms with Gasteiger partial charge in [-0.15, -0.1) is 0 Å². The van der Waals surface area contributed by atoms with E-state index in [0.29, 0.717) is 0 Å². The van der Waals surface area contributed by atoms with Crippen molar-refractivity contribution in [2.45, 2.75) is 52.6 Å². The minimum absolute atomic E-state index is 0.272. The molecule has 0 heterocycles. The van der Waals surface area contributed by atoms with E-state index in [9.17, 15) is 19.2 Å². The molecule has 2 atom stereocenters. The van der Waals surface area contributed by atoms with Crippen molar-refractivity contribution in [2.24, 2.45) is 5.92 Å². The Hall–Kier alpha value is -2.32. The lowest BCUT2D eigenvalue weighted by molar-refractivity contribution is -0.143. The fourth-order valence-electron chi connectivity index (χ4n) is 1.66. The molecule has 0 aromatic carbocycles. The predicted octanol–water partition coefficient (Wildman–Crippen LogP) is 0.243. The third-order valence-electron chi connectivity index (χ3n) is 3.13. The van der Waals surface area contributed by atoms with Gasteiger partial charge in [-0.25, -0.2) is 9.59 Å². The summed E-state index contributed by atoms with van der Waals surface area (Å²) < 4.78 is 4.82. The molecule has 4 N–H and O–H groups in total. The van der Waals surface area contributed by atoms with Crippen LogP contribution in [0.4, 0.5) is 4.79 Å². The van der Waals surface area contributed by atoms with Crippen LogP contribution in [-0.4, -0.2) is 54.2 Å². The zero-order valence-electron chi connectivity index (χ0n) is 14.5. The number of aliphatic carboxylic acids is 1. The van der Waals surface area contributed by atoms with Gasteiger partial charge in [0.15, 0.2) is 0 Å². The second-order valence-electron chi connectivity index (χ2n) is 5.70. The molecule has 0 aromatic heterocycles. The van der Waals surface area contributed by atoms with Crippen LogP contribution >= 0.6 is 0 Å². The Morgan fingerprint density at radius 3 is 2.21 bits per heavy atom. The van der Waals surface area contributed by atoms with Crippen molar-refractivity contribution >= 4 is 23.9 Å². The number of carbonyl (C=O) groups is 4. The minimum atomic E-state index is -1.15. The number of hydrogen-bond donors (Lipinski definition) is 4. The summed E-state index contributed by atoms with van der Waals surface area (Å²) in [4.78, 5) is 45.9. The van der Waals surface area contributed by atoms with Crippen LogP contribution in [0.25, 0.3) is 0 Å². The Labute approximate surface area is 141 Å². The molecule has 0 aromatic rings. The highest BCUT2D eigenvalue weighted by atomic mass is 16.5. The van der Waals surface area contributed by atoms with E-state index in [1.807, 2.05) is 6.92 Å². The molecule has 9 heteroatoms. The molecular weight excluding hydrogens is 318 g/mol. The number of carboxylic acid groups (broad SMARTS) is 1. The first kappa shape index (κ1) is 21.7. The van der Waals surface area contributed by atoms with Gasteiger partial charge in [0.05, 0.1) is 6.61 Å². The van der Waals surface area contributed by atoms with Gasteiger partial charge in [0.1, 0.15) is 18.6 Å². The maximum absolute atomic E-state index is 11.9. The fourth-order valence-corrected chi connectivity index (χ4v) is 1.66. The van der Waals surface area contributed by atoms with E-state index in [1.54, 1.807) is 13.8 Å². The number of hydrogen-bond acceptors (Lipinski definition) is 5. The first-order valence-electron chi connectivity index (χ1n) is 7.92. The lowest BCUT2D eigenvalue weighted by Crippen LogP contribution is -2.53. The van der Waals surface area contributed by atoms with Crippen LogP contribution < -0.4 is 16.0 Å². The summed E-state index contributed by atoms with van der Waals surface area (Å²) in [7, 11) is 0. The molecular formula is C15H27N3O6. The van der Waals surface area contributed by atoms with Crippen molar-refractivity contribution in [3.8, 4) is 0 Å². The Balaban J connectivity index is 4.22. The third-order valence-corrected chi connectivity index (χ3v) is 3.13. The Morgan fingerprint density at radius 2 is 1.71 bits per heavy atom. The number of unbranched alkanes of at least 4 members (excludes halogenated alkanes) is 1. The number of carbonyl (C=O) groups excluding carboxylic acids is 3. The SMILES string of the molecule is CCCCOC(=O)NCC(=O)NC(C)C(=O)NC(C(=O)O)C(C)C. The maximum atomic E-state index is 11.9. The Morgan fingerprint density at radius 1 is 1.08 bits per heavy atom. The van der Waals surface area contributed by atoms with Crippen LogP contribution in [0.1, 0.15) is 40.5 Å². The molecule has 2 unspecified atom stereocenters. The van der Waals surface area contributed by atoms with Gasteiger partial charge in [-0.2, -0.15) is 0 Å². The maximum Gasteiger partial charge on any atom is 0.407 e. The number of carboxylic acids is 1. The van der Waals surface area contributed by atoms with Crippen LogP contribution in [0, 0.1) is 5.92 Å². The molecule has 0 saturated carbocycles. The van der Waals surface area contributed by atoms with Gasteiger partial charge in [-0.3, -0.25) is 9.59 Å². The zero-order chi connectivity index (χ0) is 18.7. The quantitative estimate of drug-likeness (QED) is 0.419. The first-order valence-corrected chi connectivity index (χ1v) is 7.92. The molecule has 0 radical (unpaired) electrons. The summed E-state index contributed by atoms with van der Waals surface area (Å²) >= 11 is 0. The van der Waals surface area contributed by atoms with E-state index in [4.69, 9.17) is 9.84 Å². The van der Waals surface area contributed by atoms with Crippen molar-refractivity contribution in [1.29, 1.82) is 0 Å². The number of ether oxygens (including phenoxy) is 1. The lowest BCUT2D eigenvalue weighted by Gasteiger charge is -2.21. The van der Waals surface area contributed by atoms with Gasteiger partial charge in [0.2, 0.25) is 11.8 Å². The van der Waals surface area contributed by atoms with Crippen molar-refractivity contribution in [3.05, 3.63) is 0 Å². The van der Waals surface area contributed by atoms with Gasteiger partial charge in [-0.1, -0.05) is 27.2 Å². The van der Waals surface area contributed by atoms with Crippen LogP contribution in [0.2, 0.25) is 0 Å². The van der Waals surface area contributed by atoms with Crippen LogP contribution in [0.15, 0.2) is 0 Å². The third kappa shape index (κ3) is 8.96. The average molecular weight is 345 g/mol. The molecule has 0 spiro atoms. The number of alkyl carbamates (subject to hydrolysis) is 1. The van der Waals surface area contributed by atoms with E-state index < -0.39 is 36.0 Å². The minimum Gasteiger partial charge on any atom is -0.480 e. The Kier molecular flexibility index (Phi) is 10.2. The summed E-state index contributed by atoms with van der Waals surface area (Å²) in [6.07, 6.45) is 0.910. The molecule has 0 aliphatic carbocycles. The van der Waals surface area contributed by atoms with E-state index >= 15 is 0 Å². The molecule has 9 nitrogen and oxygen atoms in total. The second-order valence-corrected chi connectivity index (χ2v) is 5.70. The molecule has 0 saturated heterocycles. The molecule has 0 bridgehead atoms. The van der Waals surface area contributed by atoms with E-state index in [0.717, 1.165) is 12.8 Å². The number of nitrogens with one attached hydrogen (secondary N) is 3. The average Bonchev–Trinajstić information content (AvgIpc) is 2.49. The smallest absolute Gasteiger partial charge is 0.407 e. The molecule has 0 fully saturated rings. The molecule has 138 valence electrons. The number of amides is 3. The van der Waals surface area contributed by atoms with Gasteiger partial charge in [-0.05, 0) is 19.3 Å². The Bertz CT molecular complexity index is 452. The molecule has 3 amide bonds. The molecule has 24 heavy (non-hydrogen) atoms. The summed E-state index contributed by atoms with van der Waals surface area (Å²) in [5.74, 6) is -2.64. The van der Waals surface area contributed by atoms with E-state index in [1.165, 1.54) is 6.92 Å². The van der Waals surface area contributed by atoms with Crippen LogP contribution in [-0.2, 0) is 19.1 Å². The summed E-state index contributed by atoms with van der Waals surface area (Å²) in [5.41, 5.74) is 0. The van der Waals surface area contributed by atoms with Gasteiger partial charge < -0.3 is 25.8 Å². The largest absolute Gasteiger partial charge is 0.480 e. The zero-order valence-corrected chi connectivity index (χ0v) is 14.5. The second kappa shape index (κ2) is 11.3. The lowest BCUT2D eigenvalue weighted by atomic mass is 10.0. The van der Waals surface area contributed by atoms with Gasteiger partial charge in [0.25, 0.3) is 0 Å². The predicted molar refractivity (Wildman–Crippen MR) is 86.3 cm³/mol. The first-order chi connectivity index (χ1) is 11.2. The summed E-state index contributed by atoms with van der Waals surface area (Å²) in [6.45, 7) is 6.64. The van der Waals surface area contributed by atoms with Crippen molar-refractivity contribution < 1.29 is 29.0 Å². The monoisotopic (exact) mass is 345 g/mol. The van der Waals surface area contributed by atoms with Crippen molar-refractivity contribution in [3.63, 3.8) is 0 Å². The standard InChI is InChI=1S/C15H27N3O6/c1-5-6-7-24-15(23)16-8-11(19)17-10(4)13(20)18-12(9(2)3)14(21)22/h9-10,12H,5-8H2,1-4H3,(H,16,23)(H,17,19)(H,18,20)(H,21,22). The van der Waals surface area contributed by atoms with Crippen LogP contribution in [0.3, 0.4) is 0 Å². The number of rotatable bonds is 10. The molecule has 0 rings (SSSR count). The highest BCUT2D eigenvalue weighted by Crippen LogP contribution is 2.02. The normalized spacial score (nSPS) is 12.9. The van der Waals surface area contributed by atoms with E-state index in [2.05, 4.69) is 16.0 Å². The molecule has 0 aliphatic rings. The summed E-state index contributed by atoms with van der Waals surface area (Å²) in [6, 6.07) is -1.97. The highest BCUT2D eigenvalue weighted by molar-refractivity contribution is 5.91. The van der Waals surface area contributed by atoms with Gasteiger partial charge in [0, 0.05) is 0 Å². The highest BCUT2D eigenvalue weighted by Gasteiger charge is 2.26. The van der Waals surface area contributed by atoms with Crippen molar-refractivity contribution in [1.82, 2.24) is 16.0 Å². The van der Waals surface area contributed by atoms with E-state index in [-0.39, 0.29) is 19.1 Å². The summed E-state index contributed by atoms with van der Waals surface area (Å²) in [5, 5.41) is 16.0. The topological polar surface area (TPSA) is 134 Å².